The van der Waals surface area contributed by atoms with Gasteiger partial charge < -0.3 is 5.32 Å². The van der Waals surface area contributed by atoms with E-state index in [-0.39, 0.29) is 5.82 Å². The van der Waals surface area contributed by atoms with Gasteiger partial charge in [-0.3, -0.25) is 0 Å². The molecule has 0 bridgehead atoms. The number of nitriles is 1. The number of hydrogen-bond donors (Lipinski definition) is 1. The van der Waals surface area contributed by atoms with E-state index >= 15 is 0 Å². The number of anilines is 2. The topological polar surface area (TPSA) is 61.6 Å². The van der Waals surface area contributed by atoms with Crippen molar-refractivity contribution < 1.29 is 0 Å². The number of fused-ring (bicyclic) bond motifs is 1. The Kier molecular flexibility index (Phi) is 2.79. The Balaban J connectivity index is 2.14. The minimum absolute atomic E-state index is 0.164. The van der Waals surface area contributed by atoms with Crippen LogP contribution in [0.1, 0.15) is 5.82 Å². The van der Waals surface area contributed by atoms with Crippen LogP contribution in [-0.4, -0.2) is 9.97 Å². The van der Waals surface area contributed by atoms with Crippen LogP contribution in [0.25, 0.3) is 10.9 Å². The first kappa shape index (κ1) is 11.2. The Morgan fingerprint density at radius 3 is 2.42 bits per heavy atom. The molecular formula is C15H10N4. The van der Waals surface area contributed by atoms with Gasteiger partial charge in [-0.1, -0.05) is 30.3 Å². The van der Waals surface area contributed by atoms with Crippen LogP contribution in [0.3, 0.4) is 0 Å². The van der Waals surface area contributed by atoms with Gasteiger partial charge in [-0.05, 0) is 24.3 Å². The molecule has 0 unspecified atom stereocenters. The van der Waals surface area contributed by atoms with Crippen LogP contribution >= 0.6 is 0 Å². The molecule has 4 nitrogen and oxygen atoms in total. The lowest BCUT2D eigenvalue weighted by Gasteiger charge is -2.08. The van der Waals surface area contributed by atoms with Gasteiger partial charge in [-0.25, -0.2) is 9.97 Å². The second kappa shape index (κ2) is 4.75. The fourth-order valence-electron chi connectivity index (χ4n) is 1.88. The molecule has 0 aliphatic heterocycles. The van der Waals surface area contributed by atoms with Crippen LogP contribution in [-0.2, 0) is 0 Å². The van der Waals surface area contributed by atoms with Crippen molar-refractivity contribution in [2.45, 2.75) is 0 Å². The van der Waals surface area contributed by atoms with Crippen molar-refractivity contribution in [3.63, 3.8) is 0 Å². The summed E-state index contributed by atoms with van der Waals surface area (Å²) in [6.45, 7) is 0. The monoisotopic (exact) mass is 246 g/mol. The predicted molar refractivity (Wildman–Crippen MR) is 74.0 cm³/mol. The maximum absolute atomic E-state index is 8.98. The summed E-state index contributed by atoms with van der Waals surface area (Å²) < 4.78 is 0. The molecule has 0 fully saturated rings. The molecule has 1 heterocycles. The highest BCUT2D eigenvalue weighted by Gasteiger charge is 2.06. The van der Waals surface area contributed by atoms with Crippen molar-refractivity contribution in [2.75, 3.05) is 5.32 Å². The summed E-state index contributed by atoms with van der Waals surface area (Å²) in [4.78, 5) is 8.42. The van der Waals surface area contributed by atoms with Crippen LogP contribution in [0.5, 0.6) is 0 Å². The van der Waals surface area contributed by atoms with Crippen molar-refractivity contribution in [3.8, 4) is 6.07 Å². The fourth-order valence-corrected chi connectivity index (χ4v) is 1.88. The molecule has 0 atom stereocenters. The smallest absolute Gasteiger partial charge is 0.234 e. The molecule has 0 amide bonds. The zero-order valence-corrected chi connectivity index (χ0v) is 10.0. The van der Waals surface area contributed by atoms with E-state index in [1.807, 2.05) is 60.7 Å². The molecule has 0 saturated carbocycles. The highest BCUT2D eigenvalue weighted by atomic mass is 15.0. The van der Waals surface area contributed by atoms with Crippen molar-refractivity contribution in [1.82, 2.24) is 9.97 Å². The van der Waals surface area contributed by atoms with Gasteiger partial charge in [0.2, 0.25) is 5.82 Å². The molecule has 19 heavy (non-hydrogen) atoms. The lowest BCUT2D eigenvalue weighted by molar-refractivity contribution is 1.16. The lowest BCUT2D eigenvalue weighted by atomic mass is 10.2. The third-order valence-corrected chi connectivity index (χ3v) is 2.74. The standard InChI is InChI=1S/C15H10N4/c16-10-14-18-13-9-5-4-8-12(13)15(19-14)17-11-6-2-1-3-7-11/h1-9H,(H,17,18,19). The van der Waals surface area contributed by atoms with Crippen LogP contribution in [0.2, 0.25) is 0 Å². The molecule has 90 valence electrons. The molecule has 4 heteroatoms. The summed E-state index contributed by atoms with van der Waals surface area (Å²) in [7, 11) is 0. The van der Waals surface area contributed by atoms with Gasteiger partial charge in [-0.2, -0.15) is 5.26 Å². The Morgan fingerprint density at radius 1 is 0.895 bits per heavy atom. The van der Waals surface area contributed by atoms with E-state index in [2.05, 4.69) is 15.3 Å². The molecule has 1 aromatic heterocycles. The predicted octanol–water partition coefficient (Wildman–Crippen LogP) is 3.25. The van der Waals surface area contributed by atoms with Gasteiger partial charge >= 0.3 is 0 Å². The third kappa shape index (κ3) is 2.22. The molecule has 0 spiro atoms. The normalized spacial score (nSPS) is 10.1. The van der Waals surface area contributed by atoms with E-state index in [0.717, 1.165) is 16.6 Å². The van der Waals surface area contributed by atoms with Gasteiger partial charge in [0.15, 0.2) is 0 Å². The van der Waals surface area contributed by atoms with Crippen LogP contribution in [0, 0.1) is 11.3 Å². The molecule has 1 N–H and O–H groups in total. The van der Waals surface area contributed by atoms with E-state index in [9.17, 15) is 0 Å². The molecule has 0 aliphatic carbocycles. The van der Waals surface area contributed by atoms with Crippen molar-refractivity contribution in [3.05, 3.63) is 60.4 Å². The van der Waals surface area contributed by atoms with Crippen LogP contribution in [0.4, 0.5) is 11.5 Å². The summed E-state index contributed by atoms with van der Waals surface area (Å²) in [6, 6.07) is 19.3. The van der Waals surface area contributed by atoms with Crippen molar-refractivity contribution in [1.29, 1.82) is 5.26 Å². The maximum atomic E-state index is 8.98. The van der Waals surface area contributed by atoms with Gasteiger partial charge in [0.25, 0.3) is 0 Å². The number of rotatable bonds is 2. The number of benzene rings is 2. The molecule has 0 saturated heterocycles. The lowest BCUT2D eigenvalue weighted by Crippen LogP contribution is -1.99. The summed E-state index contributed by atoms with van der Waals surface area (Å²) in [6.07, 6.45) is 0. The Morgan fingerprint density at radius 2 is 1.63 bits per heavy atom. The zero-order chi connectivity index (χ0) is 13.1. The maximum Gasteiger partial charge on any atom is 0.234 e. The van der Waals surface area contributed by atoms with Crippen molar-refractivity contribution >= 4 is 22.4 Å². The Labute approximate surface area is 110 Å². The van der Waals surface area contributed by atoms with Gasteiger partial charge in [0.1, 0.15) is 11.9 Å². The first-order chi connectivity index (χ1) is 9.36. The second-order valence-electron chi connectivity index (χ2n) is 4.02. The molecular weight excluding hydrogens is 236 g/mol. The van der Waals surface area contributed by atoms with Gasteiger partial charge in [0.05, 0.1) is 5.52 Å². The second-order valence-corrected chi connectivity index (χ2v) is 4.02. The van der Waals surface area contributed by atoms with Crippen molar-refractivity contribution in [2.24, 2.45) is 0 Å². The zero-order valence-electron chi connectivity index (χ0n) is 10.0. The minimum atomic E-state index is 0.164. The van der Waals surface area contributed by atoms with Gasteiger partial charge in [0, 0.05) is 11.1 Å². The number of nitrogens with zero attached hydrogens (tertiary/aromatic N) is 3. The Bertz CT molecular complexity index is 760. The van der Waals surface area contributed by atoms with E-state index in [0.29, 0.717) is 5.82 Å². The minimum Gasteiger partial charge on any atom is -0.340 e. The first-order valence-electron chi connectivity index (χ1n) is 5.86. The Hall–Kier alpha value is -2.93. The molecule has 0 radical (unpaired) electrons. The summed E-state index contributed by atoms with van der Waals surface area (Å²) in [5, 5.41) is 13.1. The quantitative estimate of drug-likeness (QED) is 0.754. The van der Waals surface area contributed by atoms with E-state index in [1.54, 1.807) is 0 Å². The van der Waals surface area contributed by atoms with Crippen LogP contribution < -0.4 is 5.32 Å². The van der Waals surface area contributed by atoms with E-state index < -0.39 is 0 Å². The molecule has 3 rings (SSSR count). The summed E-state index contributed by atoms with van der Waals surface area (Å²) in [5.74, 6) is 0.811. The third-order valence-electron chi connectivity index (χ3n) is 2.74. The highest BCUT2D eigenvalue weighted by molar-refractivity contribution is 5.90. The number of aromatic nitrogens is 2. The molecule has 3 aromatic rings. The molecule has 0 aliphatic rings. The SMILES string of the molecule is N#Cc1nc(Nc2ccccc2)c2ccccc2n1. The summed E-state index contributed by atoms with van der Waals surface area (Å²) in [5.41, 5.74) is 1.68. The number of hydrogen-bond acceptors (Lipinski definition) is 4. The van der Waals surface area contributed by atoms with E-state index in [4.69, 9.17) is 5.26 Å². The molecule has 2 aromatic carbocycles. The average molecular weight is 246 g/mol. The van der Waals surface area contributed by atoms with Crippen LogP contribution in [0.15, 0.2) is 54.6 Å². The van der Waals surface area contributed by atoms with Gasteiger partial charge in [-0.15, -0.1) is 0 Å². The first-order valence-corrected chi connectivity index (χ1v) is 5.86. The van der Waals surface area contributed by atoms with E-state index in [1.165, 1.54) is 0 Å². The largest absolute Gasteiger partial charge is 0.340 e. The average Bonchev–Trinajstić information content (AvgIpc) is 2.48. The summed E-state index contributed by atoms with van der Waals surface area (Å²) >= 11 is 0. The number of nitrogens with one attached hydrogen (secondary N) is 1. The fraction of sp³-hybridized carbons (Fsp3) is 0. The highest BCUT2D eigenvalue weighted by Crippen LogP contribution is 2.23. The number of para-hydroxylation sites is 2.